The van der Waals surface area contributed by atoms with Crippen LogP contribution in [0, 0.1) is 5.82 Å². The Morgan fingerprint density at radius 2 is 2.44 bits per heavy atom. The number of benzene rings is 1. The SMILES string of the molecule is O=C(CC1COCCN1)Nc1ccc(F)c(Br)c1. The summed E-state index contributed by atoms with van der Waals surface area (Å²) in [4.78, 5) is 11.8. The van der Waals surface area contributed by atoms with Crippen LogP contribution in [0.15, 0.2) is 22.7 Å². The summed E-state index contributed by atoms with van der Waals surface area (Å²) >= 11 is 3.08. The van der Waals surface area contributed by atoms with Crippen LogP contribution < -0.4 is 10.6 Å². The van der Waals surface area contributed by atoms with Crippen molar-refractivity contribution in [2.45, 2.75) is 12.5 Å². The molecule has 4 nitrogen and oxygen atoms in total. The van der Waals surface area contributed by atoms with Crippen LogP contribution in [0.3, 0.4) is 0 Å². The van der Waals surface area contributed by atoms with Gasteiger partial charge in [0.25, 0.3) is 0 Å². The predicted octanol–water partition coefficient (Wildman–Crippen LogP) is 1.91. The monoisotopic (exact) mass is 316 g/mol. The molecule has 2 N–H and O–H groups in total. The Hall–Kier alpha value is -0.980. The van der Waals surface area contributed by atoms with Gasteiger partial charge in [-0.05, 0) is 34.1 Å². The lowest BCUT2D eigenvalue weighted by atomic mass is 10.2. The Labute approximate surface area is 113 Å². The second-order valence-electron chi connectivity index (χ2n) is 4.11. The first-order chi connectivity index (χ1) is 8.65. The van der Waals surface area contributed by atoms with Crippen LogP contribution in [-0.4, -0.2) is 31.7 Å². The van der Waals surface area contributed by atoms with E-state index in [4.69, 9.17) is 4.74 Å². The van der Waals surface area contributed by atoms with Gasteiger partial charge in [0.05, 0.1) is 17.7 Å². The van der Waals surface area contributed by atoms with Crippen molar-refractivity contribution in [1.82, 2.24) is 5.32 Å². The molecule has 1 saturated heterocycles. The Balaban J connectivity index is 1.88. The van der Waals surface area contributed by atoms with E-state index in [2.05, 4.69) is 26.6 Å². The number of amides is 1. The van der Waals surface area contributed by atoms with Crippen LogP contribution in [0.2, 0.25) is 0 Å². The van der Waals surface area contributed by atoms with Crippen LogP contribution in [0.25, 0.3) is 0 Å². The van der Waals surface area contributed by atoms with E-state index in [1.165, 1.54) is 18.2 Å². The lowest BCUT2D eigenvalue weighted by Crippen LogP contribution is -2.43. The zero-order valence-corrected chi connectivity index (χ0v) is 11.3. The zero-order chi connectivity index (χ0) is 13.0. The van der Waals surface area contributed by atoms with Gasteiger partial charge in [0.1, 0.15) is 5.82 Å². The number of carbonyl (C=O) groups is 1. The van der Waals surface area contributed by atoms with E-state index >= 15 is 0 Å². The number of hydrogen-bond donors (Lipinski definition) is 2. The molecular weight excluding hydrogens is 303 g/mol. The predicted molar refractivity (Wildman–Crippen MR) is 70.0 cm³/mol. The minimum atomic E-state index is -0.352. The minimum absolute atomic E-state index is 0.0441. The van der Waals surface area contributed by atoms with E-state index in [1.54, 1.807) is 0 Å². The second-order valence-corrected chi connectivity index (χ2v) is 4.96. The summed E-state index contributed by atoms with van der Waals surface area (Å²) in [6.07, 6.45) is 0.342. The van der Waals surface area contributed by atoms with Crippen molar-refractivity contribution in [3.8, 4) is 0 Å². The third kappa shape index (κ3) is 3.76. The fourth-order valence-corrected chi connectivity index (χ4v) is 2.14. The van der Waals surface area contributed by atoms with Crippen molar-refractivity contribution < 1.29 is 13.9 Å². The van der Waals surface area contributed by atoms with E-state index in [-0.39, 0.29) is 17.8 Å². The number of nitrogens with one attached hydrogen (secondary N) is 2. The van der Waals surface area contributed by atoms with Crippen LogP contribution in [0.5, 0.6) is 0 Å². The van der Waals surface area contributed by atoms with Gasteiger partial charge in [-0.3, -0.25) is 4.79 Å². The first-order valence-corrected chi connectivity index (χ1v) is 6.50. The maximum absolute atomic E-state index is 13.0. The summed E-state index contributed by atoms with van der Waals surface area (Å²) in [5, 5.41) is 5.93. The average Bonchev–Trinajstić information content (AvgIpc) is 2.35. The summed E-state index contributed by atoms with van der Waals surface area (Å²) in [6, 6.07) is 4.42. The highest BCUT2D eigenvalue weighted by Gasteiger charge is 2.16. The highest BCUT2D eigenvalue weighted by molar-refractivity contribution is 9.10. The van der Waals surface area contributed by atoms with Crippen molar-refractivity contribution in [1.29, 1.82) is 0 Å². The van der Waals surface area contributed by atoms with Crippen molar-refractivity contribution in [3.05, 3.63) is 28.5 Å². The topological polar surface area (TPSA) is 50.4 Å². The maximum atomic E-state index is 13.0. The van der Waals surface area contributed by atoms with Gasteiger partial charge in [-0.1, -0.05) is 0 Å². The number of morpholine rings is 1. The fraction of sp³-hybridized carbons (Fsp3) is 0.417. The molecule has 0 radical (unpaired) electrons. The van der Waals surface area contributed by atoms with Crippen molar-refractivity contribution in [2.75, 3.05) is 25.1 Å². The molecule has 1 aliphatic heterocycles. The highest BCUT2D eigenvalue weighted by Crippen LogP contribution is 2.20. The molecule has 1 amide bonds. The van der Waals surface area contributed by atoms with Gasteiger partial charge >= 0.3 is 0 Å². The minimum Gasteiger partial charge on any atom is -0.378 e. The van der Waals surface area contributed by atoms with Gasteiger partial charge in [-0.15, -0.1) is 0 Å². The average molecular weight is 317 g/mol. The molecule has 98 valence electrons. The molecule has 0 aliphatic carbocycles. The van der Waals surface area contributed by atoms with Crippen LogP contribution in [-0.2, 0) is 9.53 Å². The van der Waals surface area contributed by atoms with Gasteiger partial charge in [-0.2, -0.15) is 0 Å². The summed E-state index contributed by atoms with van der Waals surface area (Å²) < 4.78 is 18.6. The number of anilines is 1. The molecule has 2 rings (SSSR count). The number of rotatable bonds is 3. The van der Waals surface area contributed by atoms with E-state index in [0.29, 0.717) is 29.8 Å². The summed E-state index contributed by atoms with van der Waals surface area (Å²) in [7, 11) is 0. The molecule has 1 aromatic carbocycles. The molecule has 0 saturated carbocycles. The van der Waals surface area contributed by atoms with Crippen LogP contribution >= 0.6 is 15.9 Å². The molecule has 0 aromatic heterocycles. The molecule has 1 aromatic rings. The molecular formula is C12H14BrFN2O2. The summed E-state index contributed by atoms with van der Waals surface area (Å²) in [5.41, 5.74) is 0.574. The second kappa shape index (κ2) is 6.26. The Morgan fingerprint density at radius 1 is 1.61 bits per heavy atom. The molecule has 0 spiro atoms. The van der Waals surface area contributed by atoms with Gasteiger partial charge in [-0.25, -0.2) is 4.39 Å². The van der Waals surface area contributed by atoms with Gasteiger partial charge in [0.2, 0.25) is 5.91 Å². The van der Waals surface area contributed by atoms with Gasteiger partial charge in [0.15, 0.2) is 0 Å². The van der Waals surface area contributed by atoms with Crippen molar-refractivity contribution in [2.24, 2.45) is 0 Å². The normalized spacial score (nSPS) is 19.6. The summed E-state index contributed by atoms with van der Waals surface area (Å²) in [5.74, 6) is -0.466. The van der Waals surface area contributed by atoms with Gasteiger partial charge in [0, 0.05) is 24.7 Å². The number of hydrogen-bond acceptors (Lipinski definition) is 3. The number of halogens is 2. The van der Waals surface area contributed by atoms with E-state index in [9.17, 15) is 9.18 Å². The van der Waals surface area contributed by atoms with E-state index < -0.39 is 0 Å². The molecule has 1 fully saturated rings. The fourth-order valence-electron chi connectivity index (χ4n) is 1.76. The van der Waals surface area contributed by atoms with E-state index in [0.717, 1.165) is 6.54 Å². The first kappa shape index (κ1) is 13.5. The molecule has 6 heteroatoms. The molecule has 0 bridgehead atoms. The first-order valence-electron chi connectivity index (χ1n) is 5.71. The highest BCUT2D eigenvalue weighted by atomic mass is 79.9. The maximum Gasteiger partial charge on any atom is 0.226 e. The Kier molecular flexibility index (Phi) is 4.68. The third-order valence-corrected chi connectivity index (χ3v) is 3.24. The zero-order valence-electron chi connectivity index (χ0n) is 9.71. The molecule has 1 unspecified atom stereocenters. The van der Waals surface area contributed by atoms with Crippen molar-refractivity contribution in [3.63, 3.8) is 0 Å². The lowest BCUT2D eigenvalue weighted by Gasteiger charge is -2.23. The molecule has 1 aliphatic rings. The Bertz CT molecular complexity index is 436. The molecule has 1 heterocycles. The number of carbonyl (C=O) groups excluding carboxylic acids is 1. The Morgan fingerprint density at radius 3 is 3.11 bits per heavy atom. The third-order valence-electron chi connectivity index (χ3n) is 2.63. The van der Waals surface area contributed by atoms with Crippen LogP contribution in [0.1, 0.15) is 6.42 Å². The number of ether oxygens (including phenoxy) is 1. The van der Waals surface area contributed by atoms with E-state index in [1.807, 2.05) is 0 Å². The van der Waals surface area contributed by atoms with Crippen molar-refractivity contribution >= 4 is 27.5 Å². The quantitative estimate of drug-likeness (QED) is 0.895. The van der Waals surface area contributed by atoms with Crippen LogP contribution in [0.4, 0.5) is 10.1 Å². The standard InChI is InChI=1S/C12H14BrFN2O2/c13-10-5-8(1-2-11(10)14)16-12(17)6-9-7-18-4-3-15-9/h1-2,5,9,15H,3-4,6-7H2,(H,16,17). The lowest BCUT2D eigenvalue weighted by molar-refractivity contribution is -0.117. The smallest absolute Gasteiger partial charge is 0.226 e. The summed E-state index contributed by atoms with van der Waals surface area (Å²) in [6.45, 7) is 1.99. The van der Waals surface area contributed by atoms with Gasteiger partial charge < -0.3 is 15.4 Å². The molecule has 18 heavy (non-hydrogen) atoms. The largest absolute Gasteiger partial charge is 0.378 e. The molecule has 1 atom stereocenters.